The molecule has 1 heterocycles. The lowest BCUT2D eigenvalue weighted by Gasteiger charge is -2.33. The molecule has 126 valence electrons. The van der Waals surface area contributed by atoms with E-state index < -0.39 is 0 Å². The lowest BCUT2D eigenvalue weighted by molar-refractivity contribution is -0.129. The fourth-order valence-electron chi connectivity index (χ4n) is 3.24. The summed E-state index contributed by atoms with van der Waals surface area (Å²) >= 11 is 0. The molecule has 0 bridgehead atoms. The van der Waals surface area contributed by atoms with Gasteiger partial charge >= 0.3 is 0 Å². The smallest absolute Gasteiger partial charge is 0.219 e. The standard InChI is InChI=1S/C20H25N3O/c1-16(24)23-14-12-17(13-15-23)21-19-10-6-7-11-20(19)22(2)18-8-4-3-5-9-18/h3-11,17,21H,12-15H2,1-2H3. The van der Waals surface area contributed by atoms with Gasteiger partial charge in [-0.2, -0.15) is 0 Å². The van der Waals surface area contributed by atoms with E-state index in [2.05, 4.69) is 65.8 Å². The van der Waals surface area contributed by atoms with E-state index in [1.165, 1.54) is 0 Å². The van der Waals surface area contributed by atoms with Crippen LogP contribution in [0.15, 0.2) is 54.6 Å². The topological polar surface area (TPSA) is 35.6 Å². The number of hydrogen-bond donors (Lipinski definition) is 1. The van der Waals surface area contributed by atoms with E-state index in [1.54, 1.807) is 6.92 Å². The maximum absolute atomic E-state index is 11.5. The van der Waals surface area contributed by atoms with Gasteiger partial charge in [-0.25, -0.2) is 0 Å². The van der Waals surface area contributed by atoms with Crippen LogP contribution in [0.25, 0.3) is 0 Å². The number of rotatable bonds is 4. The second-order valence-corrected chi connectivity index (χ2v) is 6.34. The molecule has 0 aromatic heterocycles. The van der Waals surface area contributed by atoms with Gasteiger partial charge in [0, 0.05) is 38.8 Å². The summed E-state index contributed by atoms with van der Waals surface area (Å²) in [5, 5.41) is 3.68. The molecular weight excluding hydrogens is 298 g/mol. The van der Waals surface area contributed by atoms with Gasteiger partial charge in [0.15, 0.2) is 0 Å². The molecule has 1 amide bonds. The Morgan fingerprint density at radius 2 is 1.67 bits per heavy atom. The van der Waals surface area contributed by atoms with Gasteiger partial charge in [0.1, 0.15) is 0 Å². The Hall–Kier alpha value is -2.49. The maximum atomic E-state index is 11.5. The minimum Gasteiger partial charge on any atom is -0.380 e. The Balaban J connectivity index is 1.72. The third-order valence-corrected chi connectivity index (χ3v) is 4.71. The molecule has 1 aliphatic heterocycles. The molecule has 3 rings (SSSR count). The molecule has 4 nitrogen and oxygen atoms in total. The molecule has 1 saturated heterocycles. The second-order valence-electron chi connectivity index (χ2n) is 6.34. The van der Waals surface area contributed by atoms with Gasteiger partial charge < -0.3 is 15.1 Å². The summed E-state index contributed by atoms with van der Waals surface area (Å²) in [4.78, 5) is 15.6. The van der Waals surface area contributed by atoms with Crippen LogP contribution in [0.2, 0.25) is 0 Å². The molecule has 0 unspecified atom stereocenters. The molecule has 0 saturated carbocycles. The number of hydrogen-bond acceptors (Lipinski definition) is 3. The summed E-state index contributed by atoms with van der Waals surface area (Å²) in [7, 11) is 2.09. The largest absolute Gasteiger partial charge is 0.380 e. The molecule has 2 aromatic rings. The van der Waals surface area contributed by atoms with Gasteiger partial charge in [-0.05, 0) is 37.1 Å². The number of anilines is 3. The van der Waals surface area contributed by atoms with E-state index >= 15 is 0 Å². The Labute approximate surface area is 144 Å². The summed E-state index contributed by atoms with van der Waals surface area (Å²) in [6, 6.07) is 19.2. The molecule has 0 radical (unpaired) electrons. The average Bonchev–Trinajstić information content (AvgIpc) is 2.63. The lowest BCUT2D eigenvalue weighted by Crippen LogP contribution is -2.41. The van der Waals surface area contributed by atoms with Crippen molar-refractivity contribution in [3.63, 3.8) is 0 Å². The van der Waals surface area contributed by atoms with Crippen molar-refractivity contribution in [1.29, 1.82) is 0 Å². The summed E-state index contributed by atoms with van der Waals surface area (Å²) < 4.78 is 0. The van der Waals surface area contributed by atoms with E-state index in [-0.39, 0.29) is 5.91 Å². The molecular formula is C20H25N3O. The Morgan fingerprint density at radius 3 is 2.33 bits per heavy atom. The number of likely N-dealkylation sites (tertiary alicyclic amines) is 1. The SMILES string of the molecule is CC(=O)N1CCC(Nc2ccccc2N(C)c2ccccc2)CC1. The third-order valence-electron chi connectivity index (χ3n) is 4.71. The molecule has 2 aromatic carbocycles. The van der Waals surface area contributed by atoms with Crippen molar-refractivity contribution in [3.8, 4) is 0 Å². The van der Waals surface area contributed by atoms with Crippen molar-refractivity contribution in [3.05, 3.63) is 54.6 Å². The van der Waals surface area contributed by atoms with Crippen molar-refractivity contribution in [1.82, 2.24) is 4.90 Å². The lowest BCUT2D eigenvalue weighted by atomic mass is 10.0. The Bertz CT molecular complexity index is 678. The predicted octanol–water partition coefficient (Wildman–Crippen LogP) is 3.88. The number of piperidine rings is 1. The van der Waals surface area contributed by atoms with E-state index in [4.69, 9.17) is 0 Å². The van der Waals surface area contributed by atoms with Crippen LogP contribution in [-0.4, -0.2) is 37.0 Å². The van der Waals surface area contributed by atoms with Crippen molar-refractivity contribution >= 4 is 23.0 Å². The molecule has 24 heavy (non-hydrogen) atoms. The van der Waals surface area contributed by atoms with Crippen LogP contribution < -0.4 is 10.2 Å². The van der Waals surface area contributed by atoms with Crippen molar-refractivity contribution in [2.75, 3.05) is 30.4 Å². The summed E-state index contributed by atoms with van der Waals surface area (Å²) in [5.41, 5.74) is 3.47. The highest BCUT2D eigenvalue weighted by Gasteiger charge is 2.21. The first kappa shape index (κ1) is 16.4. The first-order chi connectivity index (χ1) is 11.6. The number of para-hydroxylation sites is 3. The normalized spacial score (nSPS) is 15.2. The van der Waals surface area contributed by atoms with E-state index in [0.717, 1.165) is 43.0 Å². The highest BCUT2D eigenvalue weighted by atomic mass is 16.2. The molecule has 0 spiro atoms. The van der Waals surface area contributed by atoms with E-state index in [1.807, 2.05) is 11.0 Å². The van der Waals surface area contributed by atoms with Gasteiger partial charge in [-0.1, -0.05) is 30.3 Å². The second kappa shape index (κ2) is 7.39. The quantitative estimate of drug-likeness (QED) is 0.927. The van der Waals surface area contributed by atoms with Gasteiger partial charge in [0.25, 0.3) is 0 Å². The van der Waals surface area contributed by atoms with Crippen LogP contribution in [0.4, 0.5) is 17.1 Å². The van der Waals surface area contributed by atoms with E-state index in [0.29, 0.717) is 6.04 Å². The highest BCUT2D eigenvalue weighted by molar-refractivity contribution is 5.76. The van der Waals surface area contributed by atoms with Crippen LogP contribution in [-0.2, 0) is 4.79 Å². The summed E-state index contributed by atoms with van der Waals surface area (Å²) in [6.45, 7) is 3.32. The van der Waals surface area contributed by atoms with Crippen molar-refractivity contribution in [2.24, 2.45) is 0 Å². The number of nitrogens with zero attached hydrogens (tertiary/aromatic N) is 2. The summed E-state index contributed by atoms with van der Waals surface area (Å²) in [6.07, 6.45) is 1.98. The van der Waals surface area contributed by atoms with Crippen LogP contribution in [0.3, 0.4) is 0 Å². The minimum absolute atomic E-state index is 0.178. The predicted molar refractivity (Wildman–Crippen MR) is 99.8 cm³/mol. The highest BCUT2D eigenvalue weighted by Crippen LogP contribution is 2.31. The molecule has 4 heteroatoms. The number of carbonyl (C=O) groups excluding carboxylic acids is 1. The van der Waals surface area contributed by atoms with Crippen molar-refractivity contribution < 1.29 is 4.79 Å². The third kappa shape index (κ3) is 3.70. The van der Waals surface area contributed by atoms with E-state index in [9.17, 15) is 4.79 Å². The first-order valence-electron chi connectivity index (χ1n) is 8.55. The van der Waals surface area contributed by atoms with Crippen LogP contribution in [0.1, 0.15) is 19.8 Å². The number of nitrogens with one attached hydrogen (secondary N) is 1. The number of amides is 1. The number of benzene rings is 2. The first-order valence-corrected chi connectivity index (χ1v) is 8.55. The molecule has 1 N–H and O–H groups in total. The van der Waals surface area contributed by atoms with Crippen LogP contribution in [0, 0.1) is 0 Å². The minimum atomic E-state index is 0.178. The molecule has 0 atom stereocenters. The zero-order valence-corrected chi connectivity index (χ0v) is 14.4. The maximum Gasteiger partial charge on any atom is 0.219 e. The van der Waals surface area contributed by atoms with Gasteiger partial charge in [-0.15, -0.1) is 0 Å². The fourth-order valence-corrected chi connectivity index (χ4v) is 3.24. The van der Waals surface area contributed by atoms with Crippen molar-refractivity contribution in [2.45, 2.75) is 25.8 Å². The number of carbonyl (C=O) groups is 1. The van der Waals surface area contributed by atoms with Gasteiger partial charge in [-0.3, -0.25) is 4.79 Å². The Kier molecular flexibility index (Phi) is 5.04. The molecule has 1 fully saturated rings. The molecule has 1 aliphatic rings. The zero-order chi connectivity index (χ0) is 16.9. The van der Waals surface area contributed by atoms with Gasteiger partial charge in [0.2, 0.25) is 5.91 Å². The average molecular weight is 323 g/mol. The van der Waals surface area contributed by atoms with Gasteiger partial charge in [0.05, 0.1) is 11.4 Å². The fraction of sp³-hybridized carbons (Fsp3) is 0.350. The Morgan fingerprint density at radius 1 is 1.04 bits per heavy atom. The van der Waals surface area contributed by atoms with Crippen LogP contribution >= 0.6 is 0 Å². The zero-order valence-electron chi connectivity index (χ0n) is 14.4. The van der Waals surface area contributed by atoms with Crippen LogP contribution in [0.5, 0.6) is 0 Å². The summed E-state index contributed by atoms with van der Waals surface area (Å²) in [5.74, 6) is 0.178. The molecule has 0 aliphatic carbocycles. The monoisotopic (exact) mass is 323 g/mol.